The van der Waals surface area contributed by atoms with E-state index in [2.05, 4.69) is 4.98 Å². The van der Waals surface area contributed by atoms with Crippen molar-refractivity contribution in [2.24, 2.45) is 0 Å². The van der Waals surface area contributed by atoms with E-state index in [1.807, 2.05) is 5.32 Å². The fourth-order valence-electron chi connectivity index (χ4n) is 2.42. The summed E-state index contributed by atoms with van der Waals surface area (Å²) in [4.78, 5) is 27.0. The molecule has 0 saturated heterocycles. The first-order chi connectivity index (χ1) is 11.8. The molecule has 0 unspecified atom stereocenters. The summed E-state index contributed by atoms with van der Waals surface area (Å²) in [5.41, 5.74) is -1.30. The third kappa shape index (κ3) is 3.23. The van der Waals surface area contributed by atoms with Gasteiger partial charge >= 0.3 is 6.18 Å². The van der Waals surface area contributed by atoms with Crippen LogP contribution in [0.25, 0.3) is 10.9 Å². The summed E-state index contributed by atoms with van der Waals surface area (Å²) >= 11 is 0. The summed E-state index contributed by atoms with van der Waals surface area (Å²) in [5.74, 6) is -2.93. The average molecular weight is 350 g/mol. The Bertz CT molecular complexity index is 976. The molecule has 1 heterocycles. The number of anilines is 1. The average Bonchev–Trinajstić information content (AvgIpc) is 2.96. The van der Waals surface area contributed by atoms with Crippen molar-refractivity contribution in [3.05, 3.63) is 65.6 Å². The number of fused-ring (bicyclic) bond motifs is 1. The molecule has 25 heavy (non-hydrogen) atoms. The number of carbonyl (C=O) groups excluding carboxylic acids is 2. The topological polar surface area (TPSA) is 62.0 Å². The van der Waals surface area contributed by atoms with Crippen LogP contribution in [0.4, 0.5) is 23.2 Å². The zero-order valence-electron chi connectivity index (χ0n) is 12.4. The second-order valence-electron chi connectivity index (χ2n) is 5.22. The van der Waals surface area contributed by atoms with Crippen LogP contribution in [0.1, 0.15) is 15.9 Å². The summed E-state index contributed by atoms with van der Waals surface area (Å²) < 4.78 is 52.2. The van der Waals surface area contributed by atoms with Gasteiger partial charge in [-0.1, -0.05) is 12.1 Å². The van der Waals surface area contributed by atoms with Crippen LogP contribution in [-0.4, -0.2) is 16.7 Å². The second-order valence-corrected chi connectivity index (χ2v) is 5.22. The highest BCUT2D eigenvalue weighted by atomic mass is 19.4. The standard InChI is InChI=1S/C17H10F4N2O2/c18-9-5-6-13-10(7-9)11(8-22-13)15(24)16(25)23-14-4-2-1-3-12(14)17(19,20)21/h1-8,22H,(H,23,25). The number of para-hydroxylation sites is 1. The number of nitrogens with one attached hydrogen (secondary N) is 2. The fraction of sp³-hybridized carbons (Fsp3) is 0.0588. The van der Waals surface area contributed by atoms with Gasteiger partial charge in [0.25, 0.3) is 11.7 Å². The third-order valence-corrected chi connectivity index (χ3v) is 3.58. The maximum Gasteiger partial charge on any atom is 0.418 e. The summed E-state index contributed by atoms with van der Waals surface area (Å²) in [6.45, 7) is 0. The van der Waals surface area contributed by atoms with Crippen LogP contribution in [0.15, 0.2) is 48.7 Å². The molecule has 2 N–H and O–H groups in total. The molecule has 0 bridgehead atoms. The third-order valence-electron chi connectivity index (χ3n) is 3.58. The van der Waals surface area contributed by atoms with Crippen molar-refractivity contribution in [3.8, 4) is 0 Å². The van der Waals surface area contributed by atoms with Crippen molar-refractivity contribution in [2.45, 2.75) is 6.18 Å². The zero-order chi connectivity index (χ0) is 18.2. The Morgan fingerprint density at radius 3 is 2.48 bits per heavy atom. The molecule has 0 aliphatic heterocycles. The van der Waals surface area contributed by atoms with Crippen LogP contribution in [0.3, 0.4) is 0 Å². The van der Waals surface area contributed by atoms with Crippen LogP contribution >= 0.6 is 0 Å². The van der Waals surface area contributed by atoms with E-state index in [0.29, 0.717) is 5.52 Å². The molecule has 128 valence electrons. The summed E-state index contributed by atoms with van der Waals surface area (Å²) in [6.07, 6.45) is -3.47. The number of aromatic nitrogens is 1. The molecule has 0 atom stereocenters. The number of hydrogen-bond donors (Lipinski definition) is 2. The molecule has 0 aliphatic carbocycles. The van der Waals surface area contributed by atoms with Gasteiger partial charge in [0, 0.05) is 17.1 Å². The molecule has 1 aromatic heterocycles. The molecular weight excluding hydrogens is 340 g/mol. The van der Waals surface area contributed by atoms with Crippen molar-refractivity contribution in [1.82, 2.24) is 4.98 Å². The van der Waals surface area contributed by atoms with Gasteiger partial charge in [-0.2, -0.15) is 13.2 Å². The molecule has 0 radical (unpaired) electrons. The number of ketones is 1. The minimum atomic E-state index is -4.68. The molecule has 0 saturated carbocycles. The normalized spacial score (nSPS) is 11.5. The van der Waals surface area contributed by atoms with E-state index in [0.717, 1.165) is 18.2 Å². The number of hydrogen-bond acceptors (Lipinski definition) is 2. The van der Waals surface area contributed by atoms with Crippen LogP contribution in [-0.2, 0) is 11.0 Å². The second kappa shape index (κ2) is 6.04. The highest BCUT2D eigenvalue weighted by Crippen LogP contribution is 2.34. The molecule has 3 aromatic rings. The van der Waals surface area contributed by atoms with Crippen LogP contribution in [0.5, 0.6) is 0 Å². The van der Waals surface area contributed by atoms with E-state index in [9.17, 15) is 27.2 Å². The number of amides is 1. The van der Waals surface area contributed by atoms with Crippen molar-refractivity contribution >= 4 is 28.3 Å². The highest BCUT2D eigenvalue weighted by molar-refractivity contribution is 6.48. The summed E-state index contributed by atoms with van der Waals surface area (Å²) in [6, 6.07) is 7.93. The Morgan fingerprint density at radius 2 is 1.76 bits per heavy atom. The molecule has 0 spiro atoms. The quantitative estimate of drug-likeness (QED) is 0.424. The van der Waals surface area contributed by atoms with Crippen molar-refractivity contribution < 1.29 is 27.2 Å². The summed E-state index contributed by atoms with van der Waals surface area (Å²) in [5, 5.41) is 2.14. The zero-order valence-corrected chi connectivity index (χ0v) is 12.4. The molecule has 0 aliphatic rings. The number of carbonyl (C=O) groups is 2. The minimum Gasteiger partial charge on any atom is -0.360 e. The number of Topliss-reactive ketones (excluding diaryl/α,β-unsaturated/α-hetero) is 1. The number of rotatable bonds is 3. The number of halogens is 4. The molecule has 2 aromatic carbocycles. The van der Waals surface area contributed by atoms with E-state index in [4.69, 9.17) is 0 Å². The van der Waals surface area contributed by atoms with Gasteiger partial charge in [-0.25, -0.2) is 4.39 Å². The van der Waals surface area contributed by atoms with Crippen LogP contribution in [0.2, 0.25) is 0 Å². The van der Waals surface area contributed by atoms with E-state index in [-0.39, 0.29) is 10.9 Å². The van der Waals surface area contributed by atoms with Gasteiger partial charge in [0.2, 0.25) is 0 Å². The predicted molar refractivity (Wildman–Crippen MR) is 82.7 cm³/mol. The van der Waals surface area contributed by atoms with Crippen molar-refractivity contribution in [1.29, 1.82) is 0 Å². The monoisotopic (exact) mass is 350 g/mol. The first kappa shape index (κ1) is 16.7. The Labute approximate surface area is 138 Å². The molecule has 8 heteroatoms. The lowest BCUT2D eigenvalue weighted by molar-refractivity contribution is -0.137. The lowest BCUT2D eigenvalue weighted by Gasteiger charge is -2.12. The van der Waals surface area contributed by atoms with Gasteiger partial charge in [-0.3, -0.25) is 9.59 Å². The first-order valence-corrected chi connectivity index (χ1v) is 7.06. The van der Waals surface area contributed by atoms with E-state index >= 15 is 0 Å². The first-order valence-electron chi connectivity index (χ1n) is 7.06. The Morgan fingerprint density at radius 1 is 1.04 bits per heavy atom. The molecule has 4 nitrogen and oxygen atoms in total. The maximum atomic E-state index is 13.3. The van der Waals surface area contributed by atoms with E-state index in [1.165, 1.54) is 30.5 Å². The highest BCUT2D eigenvalue weighted by Gasteiger charge is 2.34. The molecular formula is C17H10F4N2O2. The van der Waals surface area contributed by atoms with Gasteiger partial charge in [-0.15, -0.1) is 0 Å². The van der Waals surface area contributed by atoms with Gasteiger partial charge < -0.3 is 10.3 Å². The van der Waals surface area contributed by atoms with Gasteiger partial charge in [0.1, 0.15) is 5.82 Å². The predicted octanol–water partition coefficient (Wildman–Crippen LogP) is 4.15. The maximum absolute atomic E-state index is 13.3. The number of alkyl halides is 3. The van der Waals surface area contributed by atoms with Gasteiger partial charge in [0.15, 0.2) is 0 Å². The molecule has 0 fully saturated rings. The van der Waals surface area contributed by atoms with Crippen LogP contribution < -0.4 is 5.32 Å². The SMILES string of the molecule is O=C(Nc1ccccc1C(F)(F)F)C(=O)c1c[nH]c2ccc(F)cc12. The number of H-pyrrole nitrogens is 1. The molecule has 1 amide bonds. The van der Waals surface area contributed by atoms with Crippen molar-refractivity contribution in [2.75, 3.05) is 5.32 Å². The lowest BCUT2D eigenvalue weighted by atomic mass is 10.1. The van der Waals surface area contributed by atoms with E-state index in [1.54, 1.807) is 0 Å². The number of benzene rings is 2. The minimum absolute atomic E-state index is 0.128. The van der Waals surface area contributed by atoms with Crippen LogP contribution in [0, 0.1) is 5.82 Å². The Kier molecular flexibility index (Phi) is 4.03. The fourth-order valence-corrected chi connectivity index (χ4v) is 2.42. The molecule has 3 rings (SSSR count). The van der Waals surface area contributed by atoms with Crippen molar-refractivity contribution in [3.63, 3.8) is 0 Å². The van der Waals surface area contributed by atoms with E-state index < -0.39 is 34.9 Å². The van der Waals surface area contributed by atoms with Gasteiger partial charge in [0.05, 0.1) is 16.8 Å². The Balaban J connectivity index is 1.92. The largest absolute Gasteiger partial charge is 0.418 e. The smallest absolute Gasteiger partial charge is 0.360 e. The number of aromatic amines is 1. The lowest BCUT2D eigenvalue weighted by Crippen LogP contribution is -2.24. The Hall–Kier alpha value is -3.16. The van der Waals surface area contributed by atoms with Gasteiger partial charge in [-0.05, 0) is 30.3 Å². The summed E-state index contributed by atoms with van der Waals surface area (Å²) in [7, 11) is 0.